The number of unbranched alkanes of at least 4 members (excludes halogenated alkanes) is 1. The van der Waals surface area contributed by atoms with Crippen LogP contribution in [0.5, 0.6) is 0 Å². The number of hydrogen-bond acceptors (Lipinski definition) is 3. The van der Waals surface area contributed by atoms with Crippen LogP contribution in [0.4, 0.5) is 0 Å². The minimum Gasteiger partial charge on any atom is -0.393 e. The Balaban J connectivity index is 2.18. The molecule has 1 saturated carbocycles. The average Bonchev–Trinajstić information content (AvgIpc) is 2.68. The van der Waals surface area contributed by atoms with Crippen molar-refractivity contribution in [3.8, 4) is 0 Å². The van der Waals surface area contributed by atoms with E-state index in [1.165, 1.54) is 0 Å². The van der Waals surface area contributed by atoms with Crippen LogP contribution in [0, 0.1) is 5.92 Å². The average molecular weight is 228 g/mol. The standard InChI is InChI=1S/C12H24N2O2/c1-2-3-6-10(13)12(16)14-8-9-5-4-7-11(9)15/h9-11,15H,2-8,13H2,1H3,(H,14,16). The number of nitrogens with one attached hydrogen (secondary N) is 1. The molecular weight excluding hydrogens is 204 g/mol. The zero-order valence-electron chi connectivity index (χ0n) is 10.1. The molecule has 0 aliphatic heterocycles. The SMILES string of the molecule is CCCCC(N)C(=O)NCC1CCCC1O. The van der Waals surface area contributed by atoms with Gasteiger partial charge in [-0.2, -0.15) is 0 Å². The molecule has 3 atom stereocenters. The quantitative estimate of drug-likeness (QED) is 0.629. The van der Waals surface area contributed by atoms with Crippen molar-refractivity contribution in [2.45, 2.75) is 57.6 Å². The second-order valence-electron chi connectivity index (χ2n) is 4.75. The van der Waals surface area contributed by atoms with Crippen LogP contribution in [0.25, 0.3) is 0 Å². The summed E-state index contributed by atoms with van der Waals surface area (Å²) in [6.45, 7) is 2.65. The van der Waals surface area contributed by atoms with Gasteiger partial charge in [0.1, 0.15) is 0 Å². The number of nitrogens with two attached hydrogens (primary N) is 1. The summed E-state index contributed by atoms with van der Waals surface area (Å²) in [5, 5.41) is 12.4. The first kappa shape index (κ1) is 13.5. The van der Waals surface area contributed by atoms with Gasteiger partial charge in [-0.1, -0.05) is 26.2 Å². The molecule has 0 heterocycles. The van der Waals surface area contributed by atoms with Crippen LogP contribution < -0.4 is 11.1 Å². The number of amides is 1. The Kier molecular flexibility index (Phi) is 5.77. The lowest BCUT2D eigenvalue weighted by atomic mass is 10.1. The van der Waals surface area contributed by atoms with Gasteiger partial charge >= 0.3 is 0 Å². The van der Waals surface area contributed by atoms with E-state index in [0.29, 0.717) is 6.54 Å². The number of rotatable bonds is 6. The maximum atomic E-state index is 11.6. The number of hydrogen-bond donors (Lipinski definition) is 3. The van der Waals surface area contributed by atoms with Gasteiger partial charge in [-0.05, 0) is 19.3 Å². The van der Waals surface area contributed by atoms with Crippen LogP contribution in [0.1, 0.15) is 45.4 Å². The third kappa shape index (κ3) is 4.10. The molecule has 0 aromatic carbocycles. The van der Waals surface area contributed by atoms with E-state index in [9.17, 15) is 9.90 Å². The van der Waals surface area contributed by atoms with E-state index in [2.05, 4.69) is 12.2 Å². The number of carbonyl (C=O) groups is 1. The molecule has 0 radical (unpaired) electrons. The first-order chi connectivity index (χ1) is 7.65. The van der Waals surface area contributed by atoms with Crippen LogP contribution >= 0.6 is 0 Å². The highest BCUT2D eigenvalue weighted by molar-refractivity contribution is 5.81. The molecule has 0 aromatic heterocycles. The Morgan fingerprint density at radius 1 is 1.56 bits per heavy atom. The molecule has 1 rings (SSSR count). The van der Waals surface area contributed by atoms with Crippen LogP contribution in [-0.2, 0) is 4.79 Å². The van der Waals surface area contributed by atoms with Gasteiger partial charge in [-0.15, -0.1) is 0 Å². The lowest BCUT2D eigenvalue weighted by Crippen LogP contribution is -2.43. The van der Waals surface area contributed by atoms with E-state index in [0.717, 1.165) is 38.5 Å². The van der Waals surface area contributed by atoms with Crippen molar-refractivity contribution < 1.29 is 9.90 Å². The van der Waals surface area contributed by atoms with E-state index in [4.69, 9.17) is 5.73 Å². The van der Waals surface area contributed by atoms with Crippen molar-refractivity contribution in [2.24, 2.45) is 11.7 Å². The molecule has 94 valence electrons. The Hall–Kier alpha value is -0.610. The maximum Gasteiger partial charge on any atom is 0.236 e. The molecule has 1 amide bonds. The minimum atomic E-state index is -0.390. The van der Waals surface area contributed by atoms with Crippen molar-refractivity contribution in [3.05, 3.63) is 0 Å². The predicted octanol–water partition coefficient (Wildman–Crippen LogP) is 0.781. The lowest BCUT2D eigenvalue weighted by molar-refractivity contribution is -0.122. The first-order valence-corrected chi connectivity index (χ1v) is 6.36. The number of aliphatic hydroxyl groups excluding tert-OH is 1. The third-order valence-electron chi connectivity index (χ3n) is 3.36. The summed E-state index contributed by atoms with van der Waals surface area (Å²) in [4.78, 5) is 11.6. The Labute approximate surface area is 97.6 Å². The summed E-state index contributed by atoms with van der Waals surface area (Å²) in [6, 6.07) is -0.390. The van der Waals surface area contributed by atoms with Gasteiger partial charge < -0.3 is 16.2 Å². The first-order valence-electron chi connectivity index (χ1n) is 6.36. The van der Waals surface area contributed by atoms with Crippen molar-refractivity contribution in [2.75, 3.05) is 6.54 Å². The van der Waals surface area contributed by atoms with Crippen molar-refractivity contribution in [1.82, 2.24) is 5.32 Å². The summed E-state index contributed by atoms with van der Waals surface area (Å²) in [5.41, 5.74) is 5.75. The Morgan fingerprint density at radius 2 is 2.31 bits per heavy atom. The van der Waals surface area contributed by atoms with E-state index in [1.54, 1.807) is 0 Å². The van der Waals surface area contributed by atoms with Crippen molar-refractivity contribution >= 4 is 5.91 Å². The maximum absolute atomic E-state index is 11.6. The highest BCUT2D eigenvalue weighted by atomic mass is 16.3. The summed E-state index contributed by atoms with van der Waals surface area (Å²) in [5.74, 6) is 0.148. The van der Waals surface area contributed by atoms with Crippen LogP contribution in [0.15, 0.2) is 0 Å². The largest absolute Gasteiger partial charge is 0.393 e. The molecule has 4 heteroatoms. The Morgan fingerprint density at radius 3 is 2.88 bits per heavy atom. The molecule has 1 aliphatic carbocycles. The van der Waals surface area contributed by atoms with Crippen LogP contribution in [-0.4, -0.2) is 29.7 Å². The second kappa shape index (κ2) is 6.86. The lowest BCUT2D eigenvalue weighted by Gasteiger charge is -2.17. The summed E-state index contributed by atoms with van der Waals surface area (Å²) >= 11 is 0. The molecule has 16 heavy (non-hydrogen) atoms. The topological polar surface area (TPSA) is 75.4 Å². The molecule has 0 aromatic rings. The van der Waals surface area contributed by atoms with Gasteiger partial charge in [0.25, 0.3) is 0 Å². The van der Waals surface area contributed by atoms with E-state index < -0.39 is 6.04 Å². The highest BCUT2D eigenvalue weighted by Gasteiger charge is 2.25. The third-order valence-corrected chi connectivity index (χ3v) is 3.36. The normalized spacial score (nSPS) is 26.7. The molecule has 4 N–H and O–H groups in total. The summed E-state index contributed by atoms with van der Waals surface area (Å²) in [7, 11) is 0. The molecule has 0 saturated heterocycles. The fraction of sp³-hybridized carbons (Fsp3) is 0.917. The molecule has 0 bridgehead atoms. The fourth-order valence-corrected chi connectivity index (χ4v) is 2.17. The number of aliphatic hydroxyl groups is 1. The van der Waals surface area contributed by atoms with Gasteiger partial charge in [-0.25, -0.2) is 0 Å². The molecule has 4 nitrogen and oxygen atoms in total. The van der Waals surface area contributed by atoms with Gasteiger partial charge in [0.05, 0.1) is 12.1 Å². The van der Waals surface area contributed by atoms with Gasteiger partial charge in [0.2, 0.25) is 5.91 Å². The highest BCUT2D eigenvalue weighted by Crippen LogP contribution is 2.24. The van der Waals surface area contributed by atoms with Gasteiger partial charge in [-0.3, -0.25) is 4.79 Å². The van der Waals surface area contributed by atoms with Crippen molar-refractivity contribution in [3.63, 3.8) is 0 Å². The van der Waals surface area contributed by atoms with Crippen molar-refractivity contribution in [1.29, 1.82) is 0 Å². The molecule has 0 spiro atoms. The van der Waals surface area contributed by atoms with Gasteiger partial charge in [0.15, 0.2) is 0 Å². The molecule has 1 aliphatic rings. The smallest absolute Gasteiger partial charge is 0.236 e. The fourth-order valence-electron chi connectivity index (χ4n) is 2.17. The van der Waals surface area contributed by atoms with E-state index in [1.807, 2.05) is 0 Å². The minimum absolute atomic E-state index is 0.0763. The van der Waals surface area contributed by atoms with E-state index >= 15 is 0 Å². The zero-order chi connectivity index (χ0) is 12.0. The molecule has 3 unspecified atom stereocenters. The number of carbonyl (C=O) groups excluding carboxylic acids is 1. The monoisotopic (exact) mass is 228 g/mol. The summed E-state index contributed by atoms with van der Waals surface area (Å²) < 4.78 is 0. The van der Waals surface area contributed by atoms with Crippen LogP contribution in [0.2, 0.25) is 0 Å². The second-order valence-corrected chi connectivity index (χ2v) is 4.75. The molecule has 1 fully saturated rings. The zero-order valence-corrected chi connectivity index (χ0v) is 10.1. The van der Waals surface area contributed by atoms with E-state index in [-0.39, 0.29) is 17.9 Å². The van der Waals surface area contributed by atoms with Gasteiger partial charge in [0, 0.05) is 12.5 Å². The summed E-state index contributed by atoms with van der Waals surface area (Å²) in [6.07, 6.45) is 5.48. The predicted molar refractivity (Wildman–Crippen MR) is 63.9 cm³/mol. The van der Waals surface area contributed by atoms with Crippen LogP contribution in [0.3, 0.4) is 0 Å². The molecular formula is C12H24N2O2. The Bertz CT molecular complexity index is 221.